The Labute approximate surface area is 127 Å². The summed E-state index contributed by atoms with van der Waals surface area (Å²) >= 11 is 5.98. The molecule has 2 aromatic carbocycles. The van der Waals surface area contributed by atoms with E-state index in [2.05, 4.69) is 5.32 Å². The smallest absolute Gasteiger partial charge is 0.293 e. The Morgan fingerprint density at radius 2 is 2.05 bits per heavy atom. The van der Waals surface area contributed by atoms with Crippen LogP contribution in [-0.4, -0.2) is 18.1 Å². The van der Waals surface area contributed by atoms with Crippen molar-refractivity contribution in [3.05, 3.63) is 63.2 Å². The Balaban J connectivity index is 1.93. The number of ether oxygens (including phenoxy) is 1. The van der Waals surface area contributed by atoms with Gasteiger partial charge in [-0.05, 0) is 30.7 Å². The zero-order valence-electron chi connectivity index (χ0n) is 11.5. The third kappa shape index (κ3) is 4.10. The second-order valence-electron chi connectivity index (χ2n) is 4.48. The van der Waals surface area contributed by atoms with E-state index < -0.39 is 4.92 Å². The maximum Gasteiger partial charge on any atom is 0.293 e. The quantitative estimate of drug-likeness (QED) is 0.497. The van der Waals surface area contributed by atoms with Gasteiger partial charge in [-0.15, -0.1) is 0 Å². The zero-order chi connectivity index (χ0) is 15.2. The highest BCUT2D eigenvalue weighted by atomic mass is 35.5. The van der Waals surface area contributed by atoms with E-state index in [1.54, 1.807) is 12.1 Å². The SMILES string of the molecule is Cc1cccc(OCCNc2c(Cl)cccc2[N+](=O)[O-])c1. The molecule has 0 atom stereocenters. The number of nitrogens with zero attached hydrogens (tertiary/aromatic N) is 1. The van der Waals surface area contributed by atoms with Crippen molar-refractivity contribution < 1.29 is 9.66 Å². The molecule has 5 nitrogen and oxygen atoms in total. The van der Waals surface area contributed by atoms with Crippen molar-refractivity contribution in [3.8, 4) is 5.75 Å². The fourth-order valence-electron chi connectivity index (χ4n) is 1.89. The van der Waals surface area contributed by atoms with Crippen molar-refractivity contribution in [2.45, 2.75) is 6.92 Å². The second kappa shape index (κ2) is 6.95. The maximum absolute atomic E-state index is 10.9. The molecule has 0 aliphatic rings. The first-order valence-electron chi connectivity index (χ1n) is 6.44. The molecule has 0 heterocycles. The van der Waals surface area contributed by atoms with Gasteiger partial charge in [-0.25, -0.2) is 0 Å². The van der Waals surface area contributed by atoms with Gasteiger partial charge in [-0.3, -0.25) is 10.1 Å². The average Bonchev–Trinajstić information content (AvgIpc) is 2.44. The van der Waals surface area contributed by atoms with Crippen molar-refractivity contribution >= 4 is 23.0 Å². The van der Waals surface area contributed by atoms with Gasteiger partial charge in [0.25, 0.3) is 5.69 Å². The van der Waals surface area contributed by atoms with Gasteiger partial charge in [0.2, 0.25) is 0 Å². The van der Waals surface area contributed by atoms with Crippen molar-refractivity contribution in [1.82, 2.24) is 0 Å². The molecule has 6 heteroatoms. The van der Waals surface area contributed by atoms with Crippen molar-refractivity contribution in [2.75, 3.05) is 18.5 Å². The number of nitro benzene ring substituents is 1. The van der Waals surface area contributed by atoms with Crippen molar-refractivity contribution in [3.63, 3.8) is 0 Å². The molecular weight excluding hydrogens is 292 g/mol. The van der Waals surface area contributed by atoms with Crippen LogP contribution in [0.5, 0.6) is 5.75 Å². The molecule has 2 rings (SSSR count). The fraction of sp³-hybridized carbons (Fsp3) is 0.200. The molecule has 0 fully saturated rings. The Morgan fingerprint density at radius 1 is 1.29 bits per heavy atom. The summed E-state index contributed by atoms with van der Waals surface area (Å²) in [6.07, 6.45) is 0. The van der Waals surface area contributed by atoms with Gasteiger partial charge >= 0.3 is 0 Å². The van der Waals surface area contributed by atoms with E-state index in [4.69, 9.17) is 16.3 Å². The maximum atomic E-state index is 10.9. The van der Waals surface area contributed by atoms with Crippen LogP contribution >= 0.6 is 11.6 Å². The number of benzene rings is 2. The molecular formula is C15H15ClN2O3. The Hall–Kier alpha value is -2.27. The standard InChI is InChI=1S/C15H15ClN2O3/c1-11-4-2-5-12(10-11)21-9-8-17-15-13(16)6-3-7-14(15)18(19)20/h2-7,10,17H,8-9H2,1H3. The lowest BCUT2D eigenvalue weighted by Gasteiger charge is -2.10. The lowest BCUT2D eigenvalue weighted by molar-refractivity contribution is -0.383. The molecule has 0 saturated carbocycles. The van der Waals surface area contributed by atoms with E-state index >= 15 is 0 Å². The summed E-state index contributed by atoms with van der Waals surface area (Å²) in [5.74, 6) is 0.769. The Kier molecular flexibility index (Phi) is 5.00. The van der Waals surface area contributed by atoms with Crippen LogP contribution in [0.1, 0.15) is 5.56 Å². The largest absolute Gasteiger partial charge is 0.492 e. The minimum absolute atomic E-state index is 0.0435. The minimum Gasteiger partial charge on any atom is -0.492 e. The third-order valence-electron chi connectivity index (χ3n) is 2.85. The number of rotatable bonds is 6. The van der Waals surface area contributed by atoms with E-state index in [-0.39, 0.29) is 5.69 Å². The van der Waals surface area contributed by atoms with Gasteiger partial charge in [-0.1, -0.05) is 29.8 Å². The molecule has 0 aromatic heterocycles. The number of hydrogen-bond acceptors (Lipinski definition) is 4. The molecule has 0 unspecified atom stereocenters. The first kappa shape index (κ1) is 15.1. The molecule has 21 heavy (non-hydrogen) atoms. The number of halogens is 1. The fourth-order valence-corrected chi connectivity index (χ4v) is 2.13. The number of hydrogen-bond donors (Lipinski definition) is 1. The normalized spacial score (nSPS) is 10.2. The van der Waals surface area contributed by atoms with Crippen LogP contribution < -0.4 is 10.1 Å². The molecule has 110 valence electrons. The van der Waals surface area contributed by atoms with Crippen LogP contribution in [0.3, 0.4) is 0 Å². The summed E-state index contributed by atoms with van der Waals surface area (Å²) < 4.78 is 5.57. The summed E-state index contributed by atoms with van der Waals surface area (Å²) in [7, 11) is 0. The van der Waals surface area contributed by atoms with Crippen molar-refractivity contribution in [2.24, 2.45) is 0 Å². The minimum atomic E-state index is -0.463. The predicted octanol–water partition coefficient (Wildman–Crippen LogP) is 4.05. The first-order valence-corrected chi connectivity index (χ1v) is 6.82. The lowest BCUT2D eigenvalue weighted by Crippen LogP contribution is -2.12. The molecule has 0 radical (unpaired) electrons. The van der Waals surface area contributed by atoms with Gasteiger partial charge in [0.15, 0.2) is 0 Å². The molecule has 0 bridgehead atoms. The van der Waals surface area contributed by atoms with Crippen LogP contribution in [0.4, 0.5) is 11.4 Å². The molecule has 1 N–H and O–H groups in total. The van der Waals surface area contributed by atoms with Gasteiger partial charge in [-0.2, -0.15) is 0 Å². The average molecular weight is 307 g/mol. The van der Waals surface area contributed by atoms with E-state index in [9.17, 15) is 10.1 Å². The molecule has 0 saturated heterocycles. The van der Waals surface area contributed by atoms with Gasteiger partial charge in [0.1, 0.15) is 18.0 Å². The highest BCUT2D eigenvalue weighted by molar-refractivity contribution is 6.33. The van der Waals surface area contributed by atoms with Gasteiger partial charge < -0.3 is 10.1 Å². The number of para-hydroxylation sites is 1. The van der Waals surface area contributed by atoms with Crippen LogP contribution in [0.2, 0.25) is 5.02 Å². The lowest BCUT2D eigenvalue weighted by atomic mass is 10.2. The summed E-state index contributed by atoms with van der Waals surface area (Å²) in [6.45, 7) is 2.78. The highest BCUT2D eigenvalue weighted by Crippen LogP contribution is 2.31. The molecule has 2 aromatic rings. The first-order chi connectivity index (χ1) is 10.1. The summed E-state index contributed by atoms with van der Waals surface area (Å²) in [5.41, 5.74) is 1.39. The molecule has 0 amide bonds. The Morgan fingerprint density at radius 3 is 2.76 bits per heavy atom. The zero-order valence-corrected chi connectivity index (χ0v) is 12.3. The predicted molar refractivity (Wildman–Crippen MR) is 83.3 cm³/mol. The topological polar surface area (TPSA) is 64.4 Å². The number of aryl methyl sites for hydroxylation is 1. The molecule has 0 aliphatic heterocycles. The van der Waals surface area contributed by atoms with Crippen LogP contribution in [0, 0.1) is 17.0 Å². The Bertz CT molecular complexity index is 647. The summed E-state index contributed by atoms with van der Waals surface area (Å²) in [5, 5.41) is 14.2. The molecule has 0 spiro atoms. The van der Waals surface area contributed by atoms with Crippen LogP contribution in [0.25, 0.3) is 0 Å². The second-order valence-corrected chi connectivity index (χ2v) is 4.89. The number of nitro groups is 1. The van der Waals surface area contributed by atoms with E-state index in [1.165, 1.54) is 6.07 Å². The van der Waals surface area contributed by atoms with Gasteiger partial charge in [0.05, 0.1) is 9.95 Å². The van der Waals surface area contributed by atoms with Crippen LogP contribution in [-0.2, 0) is 0 Å². The monoisotopic (exact) mass is 306 g/mol. The molecule has 0 aliphatic carbocycles. The third-order valence-corrected chi connectivity index (χ3v) is 3.17. The van der Waals surface area contributed by atoms with Crippen LogP contribution in [0.15, 0.2) is 42.5 Å². The number of anilines is 1. The summed E-state index contributed by atoms with van der Waals surface area (Å²) in [4.78, 5) is 10.5. The highest BCUT2D eigenvalue weighted by Gasteiger charge is 2.15. The van der Waals surface area contributed by atoms with Gasteiger partial charge in [0, 0.05) is 12.6 Å². The van der Waals surface area contributed by atoms with E-state index in [0.29, 0.717) is 23.9 Å². The van der Waals surface area contributed by atoms with E-state index in [1.807, 2.05) is 31.2 Å². The number of nitrogens with one attached hydrogen (secondary N) is 1. The summed E-state index contributed by atoms with van der Waals surface area (Å²) in [6, 6.07) is 12.3. The van der Waals surface area contributed by atoms with E-state index in [0.717, 1.165) is 11.3 Å². The van der Waals surface area contributed by atoms with Crippen molar-refractivity contribution in [1.29, 1.82) is 0 Å².